The van der Waals surface area contributed by atoms with E-state index in [1.807, 2.05) is 6.92 Å². The summed E-state index contributed by atoms with van der Waals surface area (Å²) in [6.07, 6.45) is 1.59. The number of hydrogen-bond donors (Lipinski definition) is 2. The zero-order valence-electron chi connectivity index (χ0n) is 11.7. The van der Waals surface area contributed by atoms with E-state index in [1.165, 1.54) is 13.0 Å². The molecular weight excluding hydrogens is 293 g/mol. The van der Waals surface area contributed by atoms with Gasteiger partial charge in [0, 0.05) is 29.7 Å². The van der Waals surface area contributed by atoms with Gasteiger partial charge in [0.2, 0.25) is 10.0 Å². The Bertz CT molecular complexity index is 735. The molecule has 0 saturated heterocycles. The molecule has 5 nitrogen and oxygen atoms in total. The molecule has 21 heavy (non-hydrogen) atoms. The van der Waals surface area contributed by atoms with Gasteiger partial charge in [-0.05, 0) is 37.6 Å². The molecule has 0 amide bonds. The van der Waals surface area contributed by atoms with E-state index in [1.54, 1.807) is 18.3 Å². The third kappa shape index (κ3) is 3.56. The van der Waals surface area contributed by atoms with Gasteiger partial charge < -0.3 is 5.73 Å². The molecule has 0 fully saturated rings. The smallest absolute Gasteiger partial charge is 0.241 e. The van der Waals surface area contributed by atoms with Crippen molar-refractivity contribution in [1.82, 2.24) is 9.71 Å². The Balaban J connectivity index is 2.20. The minimum Gasteiger partial charge on any atom is -0.398 e. The third-order valence-electron chi connectivity index (χ3n) is 3.11. The molecule has 0 aliphatic rings. The van der Waals surface area contributed by atoms with Crippen LogP contribution in [0.5, 0.6) is 0 Å². The number of nitrogens with one attached hydrogen (secondary N) is 1. The Morgan fingerprint density at radius 2 is 2.00 bits per heavy atom. The normalized spacial score (nSPS) is 11.6. The van der Waals surface area contributed by atoms with Crippen molar-refractivity contribution in [2.24, 2.45) is 0 Å². The number of nitrogen functional groups attached to an aromatic ring is 1. The lowest BCUT2D eigenvalue weighted by molar-refractivity contribution is 0.576. The fraction of sp³-hybridized carbons (Fsp3) is 0.214. The predicted octanol–water partition coefficient (Wildman–Crippen LogP) is 1.90. The molecule has 0 unspecified atom stereocenters. The molecule has 0 radical (unpaired) electrons. The van der Waals surface area contributed by atoms with Crippen LogP contribution in [0.4, 0.5) is 10.1 Å². The summed E-state index contributed by atoms with van der Waals surface area (Å²) >= 11 is 0. The van der Waals surface area contributed by atoms with Crippen LogP contribution in [-0.2, 0) is 16.6 Å². The molecule has 0 atom stereocenters. The van der Waals surface area contributed by atoms with Crippen molar-refractivity contribution in [3.8, 4) is 0 Å². The van der Waals surface area contributed by atoms with Crippen LogP contribution in [-0.4, -0.2) is 13.4 Å². The maximum absolute atomic E-state index is 13.6. The number of aromatic nitrogens is 1. The van der Waals surface area contributed by atoms with E-state index in [0.29, 0.717) is 5.56 Å². The fourth-order valence-electron chi connectivity index (χ4n) is 1.69. The molecule has 1 aromatic heterocycles. The number of halogens is 1. The number of nitrogens with two attached hydrogens (primary N) is 1. The summed E-state index contributed by atoms with van der Waals surface area (Å²) < 4.78 is 40.3. The molecule has 1 heterocycles. The molecule has 0 aliphatic carbocycles. The second-order valence-electron chi connectivity index (χ2n) is 4.75. The summed E-state index contributed by atoms with van der Waals surface area (Å²) in [5.41, 5.74) is 7.49. The van der Waals surface area contributed by atoms with Crippen LogP contribution in [0, 0.1) is 19.7 Å². The van der Waals surface area contributed by atoms with Crippen LogP contribution in [0.1, 0.15) is 16.8 Å². The van der Waals surface area contributed by atoms with Gasteiger partial charge in [0.05, 0.1) is 4.90 Å². The van der Waals surface area contributed by atoms with Gasteiger partial charge in [-0.1, -0.05) is 6.07 Å². The summed E-state index contributed by atoms with van der Waals surface area (Å²) in [5.74, 6) is -0.646. The SMILES string of the molecule is Cc1ccc(CNS(=O)(=O)c2cc(N)c(C)c(F)c2)cn1. The molecule has 3 N–H and O–H groups in total. The highest BCUT2D eigenvalue weighted by Gasteiger charge is 2.17. The number of sulfonamides is 1. The van der Waals surface area contributed by atoms with Gasteiger partial charge in [-0.25, -0.2) is 17.5 Å². The van der Waals surface area contributed by atoms with Gasteiger partial charge >= 0.3 is 0 Å². The average molecular weight is 309 g/mol. The van der Waals surface area contributed by atoms with E-state index < -0.39 is 15.8 Å². The molecule has 0 aliphatic heterocycles. The minimum absolute atomic E-state index is 0.0744. The number of aryl methyl sites for hydroxylation is 1. The Hall–Kier alpha value is -1.99. The first-order chi connectivity index (χ1) is 9.79. The first-order valence-electron chi connectivity index (χ1n) is 6.26. The summed E-state index contributed by atoms with van der Waals surface area (Å²) in [5, 5.41) is 0. The van der Waals surface area contributed by atoms with Crippen molar-refractivity contribution in [2.45, 2.75) is 25.3 Å². The zero-order chi connectivity index (χ0) is 15.6. The largest absolute Gasteiger partial charge is 0.398 e. The molecule has 2 aromatic rings. The second kappa shape index (κ2) is 5.79. The van der Waals surface area contributed by atoms with E-state index in [4.69, 9.17) is 5.73 Å². The van der Waals surface area contributed by atoms with Crippen LogP contribution in [0.25, 0.3) is 0 Å². The average Bonchev–Trinajstić information content (AvgIpc) is 2.43. The van der Waals surface area contributed by atoms with Gasteiger partial charge in [-0.2, -0.15) is 0 Å². The summed E-state index contributed by atoms with van der Waals surface area (Å²) in [6.45, 7) is 3.41. The Labute approximate surface area is 123 Å². The van der Waals surface area contributed by atoms with Gasteiger partial charge in [0.1, 0.15) is 5.82 Å². The van der Waals surface area contributed by atoms with Crippen LogP contribution in [0.2, 0.25) is 0 Å². The van der Waals surface area contributed by atoms with E-state index in [-0.39, 0.29) is 22.7 Å². The lowest BCUT2D eigenvalue weighted by Crippen LogP contribution is -2.23. The molecule has 0 spiro atoms. The van der Waals surface area contributed by atoms with Crippen molar-refractivity contribution in [2.75, 3.05) is 5.73 Å². The number of hydrogen-bond acceptors (Lipinski definition) is 4. The maximum Gasteiger partial charge on any atom is 0.241 e. The van der Waals surface area contributed by atoms with Crippen molar-refractivity contribution < 1.29 is 12.8 Å². The lowest BCUT2D eigenvalue weighted by atomic mass is 10.2. The van der Waals surface area contributed by atoms with Gasteiger partial charge in [0.15, 0.2) is 0 Å². The molecule has 0 bridgehead atoms. The summed E-state index contributed by atoms with van der Waals surface area (Å²) in [7, 11) is -3.83. The quantitative estimate of drug-likeness (QED) is 0.845. The molecule has 1 aromatic carbocycles. The molecule has 0 saturated carbocycles. The Morgan fingerprint density at radius 3 is 2.57 bits per heavy atom. The fourth-order valence-corrected chi connectivity index (χ4v) is 2.76. The van der Waals surface area contributed by atoms with Gasteiger partial charge in [0.25, 0.3) is 0 Å². The molecule has 7 heteroatoms. The van der Waals surface area contributed by atoms with Crippen molar-refractivity contribution in [3.05, 3.63) is 53.1 Å². The van der Waals surface area contributed by atoms with Crippen LogP contribution in [0.15, 0.2) is 35.4 Å². The Morgan fingerprint density at radius 1 is 1.29 bits per heavy atom. The first kappa shape index (κ1) is 15.4. The number of anilines is 1. The number of nitrogens with zero attached hydrogens (tertiary/aromatic N) is 1. The van der Waals surface area contributed by atoms with E-state index in [9.17, 15) is 12.8 Å². The highest BCUT2D eigenvalue weighted by Crippen LogP contribution is 2.21. The minimum atomic E-state index is -3.83. The number of benzene rings is 1. The molecule has 112 valence electrons. The predicted molar refractivity (Wildman–Crippen MR) is 78.5 cm³/mol. The van der Waals surface area contributed by atoms with E-state index in [2.05, 4.69) is 9.71 Å². The van der Waals surface area contributed by atoms with Gasteiger partial charge in [-0.15, -0.1) is 0 Å². The second-order valence-corrected chi connectivity index (χ2v) is 6.52. The van der Waals surface area contributed by atoms with Crippen LogP contribution >= 0.6 is 0 Å². The monoisotopic (exact) mass is 309 g/mol. The van der Waals surface area contributed by atoms with Crippen LogP contribution < -0.4 is 10.5 Å². The van der Waals surface area contributed by atoms with E-state index in [0.717, 1.165) is 11.8 Å². The van der Waals surface area contributed by atoms with Crippen molar-refractivity contribution in [3.63, 3.8) is 0 Å². The highest BCUT2D eigenvalue weighted by molar-refractivity contribution is 7.89. The highest BCUT2D eigenvalue weighted by atomic mass is 32.2. The van der Waals surface area contributed by atoms with Crippen molar-refractivity contribution >= 4 is 15.7 Å². The van der Waals surface area contributed by atoms with Gasteiger partial charge in [-0.3, -0.25) is 4.98 Å². The standard InChI is InChI=1S/C14H16FN3O2S/c1-9-3-4-11(7-17-9)8-18-21(19,20)12-5-13(15)10(2)14(16)6-12/h3-7,18H,8,16H2,1-2H3. The molecule has 2 rings (SSSR count). The summed E-state index contributed by atoms with van der Waals surface area (Å²) in [6, 6.07) is 5.76. The Kier molecular flexibility index (Phi) is 4.24. The summed E-state index contributed by atoms with van der Waals surface area (Å²) in [4.78, 5) is 3.89. The number of rotatable bonds is 4. The number of pyridine rings is 1. The zero-order valence-corrected chi connectivity index (χ0v) is 12.5. The lowest BCUT2D eigenvalue weighted by Gasteiger charge is -2.09. The van der Waals surface area contributed by atoms with Crippen LogP contribution in [0.3, 0.4) is 0 Å². The molecular formula is C14H16FN3O2S. The topological polar surface area (TPSA) is 85.1 Å². The third-order valence-corrected chi connectivity index (χ3v) is 4.49. The first-order valence-corrected chi connectivity index (χ1v) is 7.75. The van der Waals surface area contributed by atoms with Crippen molar-refractivity contribution in [1.29, 1.82) is 0 Å². The maximum atomic E-state index is 13.6. The van der Waals surface area contributed by atoms with E-state index >= 15 is 0 Å².